The summed E-state index contributed by atoms with van der Waals surface area (Å²) in [5, 5.41) is 0.801. The first-order chi connectivity index (χ1) is 10.0. The number of esters is 1. The Morgan fingerprint density at radius 2 is 2.14 bits per heavy atom. The fourth-order valence-electron chi connectivity index (χ4n) is 2.27. The van der Waals surface area contributed by atoms with Gasteiger partial charge in [-0.2, -0.15) is 11.8 Å². The number of nitrogens with zero attached hydrogens (tertiary/aromatic N) is 2. The lowest BCUT2D eigenvalue weighted by atomic mass is 10.0. The van der Waals surface area contributed by atoms with Crippen LogP contribution in [-0.2, 0) is 4.74 Å². The van der Waals surface area contributed by atoms with Crippen molar-refractivity contribution in [1.82, 2.24) is 9.97 Å². The second kappa shape index (κ2) is 7.49. The van der Waals surface area contributed by atoms with Gasteiger partial charge in [0.25, 0.3) is 0 Å². The quantitative estimate of drug-likeness (QED) is 0.787. The van der Waals surface area contributed by atoms with Gasteiger partial charge in [0.05, 0.1) is 23.1 Å². The molecule has 0 saturated carbocycles. The topological polar surface area (TPSA) is 52.1 Å². The van der Waals surface area contributed by atoms with Crippen LogP contribution in [0.3, 0.4) is 0 Å². The fourth-order valence-corrected chi connectivity index (χ4v) is 4.97. The van der Waals surface area contributed by atoms with E-state index in [1.807, 2.05) is 37.4 Å². The molecule has 0 aliphatic carbocycles. The van der Waals surface area contributed by atoms with Crippen molar-refractivity contribution in [3.8, 4) is 0 Å². The third-order valence-electron chi connectivity index (χ3n) is 3.32. The number of carbonyl (C=O) groups excluding carboxylic acids is 1. The number of rotatable bonds is 4. The standard InChI is InChI=1S/C15H22N2O2S2/c1-5-19-15(18)11-8-16-14(17-12(11)9(2)3)13-10(4)20-6-7-21-13/h8-10,13H,5-7H2,1-4H3. The zero-order valence-electron chi connectivity index (χ0n) is 13.0. The maximum Gasteiger partial charge on any atom is 0.341 e. The van der Waals surface area contributed by atoms with Gasteiger partial charge in [-0.05, 0) is 12.8 Å². The van der Waals surface area contributed by atoms with Gasteiger partial charge in [-0.15, -0.1) is 11.8 Å². The van der Waals surface area contributed by atoms with Crippen LogP contribution in [-0.4, -0.2) is 39.3 Å². The van der Waals surface area contributed by atoms with Gasteiger partial charge < -0.3 is 4.74 Å². The van der Waals surface area contributed by atoms with Crippen LogP contribution in [0.5, 0.6) is 0 Å². The molecule has 0 bridgehead atoms. The van der Waals surface area contributed by atoms with E-state index in [2.05, 4.69) is 11.9 Å². The summed E-state index contributed by atoms with van der Waals surface area (Å²) in [4.78, 5) is 21.2. The molecule has 1 saturated heterocycles. The maximum atomic E-state index is 12.0. The third kappa shape index (κ3) is 3.92. The number of hydrogen-bond donors (Lipinski definition) is 0. The van der Waals surface area contributed by atoms with Crippen LogP contribution >= 0.6 is 23.5 Å². The highest BCUT2D eigenvalue weighted by Crippen LogP contribution is 2.41. The van der Waals surface area contributed by atoms with Crippen LogP contribution in [0.4, 0.5) is 0 Å². The first kappa shape index (κ1) is 16.6. The number of ether oxygens (including phenoxy) is 1. The minimum Gasteiger partial charge on any atom is -0.462 e. The van der Waals surface area contributed by atoms with Crippen LogP contribution in [0.1, 0.15) is 60.7 Å². The van der Waals surface area contributed by atoms with E-state index >= 15 is 0 Å². The summed E-state index contributed by atoms with van der Waals surface area (Å²) in [5.74, 6) is 2.99. The van der Waals surface area contributed by atoms with Gasteiger partial charge in [0, 0.05) is 23.0 Å². The van der Waals surface area contributed by atoms with Crippen molar-refractivity contribution in [3.63, 3.8) is 0 Å². The van der Waals surface area contributed by atoms with Crippen molar-refractivity contribution in [2.45, 2.75) is 44.1 Å². The van der Waals surface area contributed by atoms with Gasteiger partial charge in [0.2, 0.25) is 0 Å². The Kier molecular flexibility index (Phi) is 5.93. The van der Waals surface area contributed by atoms with Gasteiger partial charge in [-0.25, -0.2) is 14.8 Å². The lowest BCUT2D eigenvalue weighted by Gasteiger charge is -2.27. The molecule has 4 nitrogen and oxygen atoms in total. The Bertz CT molecular complexity index is 508. The number of hydrogen-bond acceptors (Lipinski definition) is 6. The molecule has 0 N–H and O–H groups in total. The molecule has 6 heteroatoms. The predicted molar refractivity (Wildman–Crippen MR) is 89.2 cm³/mol. The summed E-state index contributed by atoms with van der Waals surface area (Å²) in [6.45, 7) is 8.48. The Hall–Kier alpha value is -0.750. The molecule has 116 valence electrons. The SMILES string of the molecule is CCOC(=O)c1cnc(C2SCCSC2C)nc1C(C)C. The number of aromatic nitrogens is 2. The molecule has 0 spiro atoms. The first-order valence-corrected chi connectivity index (χ1v) is 9.41. The second-order valence-corrected chi connectivity index (χ2v) is 8.00. The molecule has 0 amide bonds. The van der Waals surface area contributed by atoms with Crippen LogP contribution in [0.25, 0.3) is 0 Å². The molecule has 1 aliphatic rings. The minimum atomic E-state index is -0.327. The first-order valence-electron chi connectivity index (χ1n) is 7.31. The summed E-state index contributed by atoms with van der Waals surface area (Å²) in [6, 6.07) is 0. The largest absolute Gasteiger partial charge is 0.462 e. The summed E-state index contributed by atoms with van der Waals surface area (Å²) in [5.41, 5.74) is 1.29. The molecular weight excluding hydrogens is 304 g/mol. The van der Waals surface area contributed by atoms with Gasteiger partial charge >= 0.3 is 5.97 Å². The lowest BCUT2D eigenvalue weighted by Crippen LogP contribution is -2.20. The Morgan fingerprint density at radius 3 is 2.76 bits per heavy atom. The molecule has 2 heterocycles. The van der Waals surface area contributed by atoms with Crippen molar-refractivity contribution in [3.05, 3.63) is 23.3 Å². The Morgan fingerprint density at radius 1 is 1.43 bits per heavy atom. The molecule has 2 rings (SSSR count). The van der Waals surface area contributed by atoms with Crippen LogP contribution in [0.15, 0.2) is 6.20 Å². The Labute approximate surface area is 134 Å². The fraction of sp³-hybridized carbons (Fsp3) is 0.667. The smallest absolute Gasteiger partial charge is 0.341 e. The summed E-state index contributed by atoms with van der Waals surface area (Å²) in [6.07, 6.45) is 1.64. The highest BCUT2D eigenvalue weighted by atomic mass is 32.2. The van der Waals surface area contributed by atoms with E-state index < -0.39 is 0 Å². The van der Waals surface area contributed by atoms with Crippen molar-refractivity contribution in [2.75, 3.05) is 18.1 Å². The van der Waals surface area contributed by atoms with Crippen molar-refractivity contribution >= 4 is 29.5 Å². The molecular formula is C15H22N2O2S2. The molecule has 0 radical (unpaired) electrons. The van der Waals surface area contributed by atoms with Gasteiger partial charge in [-0.3, -0.25) is 0 Å². The monoisotopic (exact) mass is 326 g/mol. The molecule has 1 aromatic rings. The van der Waals surface area contributed by atoms with E-state index in [4.69, 9.17) is 9.72 Å². The van der Waals surface area contributed by atoms with E-state index in [1.165, 1.54) is 5.75 Å². The van der Waals surface area contributed by atoms with E-state index in [-0.39, 0.29) is 11.9 Å². The molecule has 0 aromatic carbocycles. The van der Waals surface area contributed by atoms with E-state index in [0.717, 1.165) is 17.3 Å². The van der Waals surface area contributed by atoms with Crippen LogP contribution < -0.4 is 0 Å². The summed E-state index contributed by atoms with van der Waals surface area (Å²) in [7, 11) is 0. The lowest BCUT2D eigenvalue weighted by molar-refractivity contribution is 0.0523. The molecule has 2 atom stereocenters. The van der Waals surface area contributed by atoms with Gasteiger partial charge in [-0.1, -0.05) is 20.8 Å². The van der Waals surface area contributed by atoms with Crippen LogP contribution in [0, 0.1) is 0 Å². The van der Waals surface area contributed by atoms with E-state index in [9.17, 15) is 4.79 Å². The highest BCUT2D eigenvalue weighted by molar-refractivity contribution is 8.06. The number of carbonyl (C=O) groups is 1. The normalized spacial score (nSPS) is 22.3. The second-order valence-electron chi connectivity index (χ2n) is 5.27. The molecule has 2 unspecified atom stereocenters. The Balaban J connectivity index is 2.33. The summed E-state index contributed by atoms with van der Waals surface area (Å²) < 4.78 is 5.10. The van der Waals surface area contributed by atoms with Gasteiger partial charge in [0.15, 0.2) is 0 Å². The molecule has 1 aliphatic heterocycles. The van der Waals surface area contributed by atoms with Crippen LogP contribution in [0.2, 0.25) is 0 Å². The van der Waals surface area contributed by atoms with Crippen molar-refractivity contribution in [1.29, 1.82) is 0 Å². The number of thioether (sulfide) groups is 2. The van der Waals surface area contributed by atoms with Gasteiger partial charge in [0.1, 0.15) is 5.82 Å². The zero-order valence-corrected chi connectivity index (χ0v) is 14.6. The van der Waals surface area contributed by atoms with Crippen molar-refractivity contribution in [2.24, 2.45) is 0 Å². The average molecular weight is 326 g/mol. The van der Waals surface area contributed by atoms with Crippen molar-refractivity contribution < 1.29 is 9.53 Å². The zero-order chi connectivity index (χ0) is 15.4. The third-order valence-corrected chi connectivity index (χ3v) is 6.41. The van der Waals surface area contributed by atoms with E-state index in [0.29, 0.717) is 22.7 Å². The predicted octanol–water partition coefficient (Wildman–Crippen LogP) is 3.69. The molecule has 1 aromatic heterocycles. The van der Waals surface area contributed by atoms with E-state index in [1.54, 1.807) is 13.1 Å². The highest BCUT2D eigenvalue weighted by Gasteiger charge is 2.28. The maximum absolute atomic E-state index is 12.0. The summed E-state index contributed by atoms with van der Waals surface area (Å²) >= 11 is 3.87. The molecule has 1 fully saturated rings. The minimum absolute atomic E-state index is 0.169. The molecule has 21 heavy (non-hydrogen) atoms. The average Bonchev–Trinajstić information content (AvgIpc) is 2.47.